The van der Waals surface area contributed by atoms with Crippen molar-refractivity contribution in [3.05, 3.63) is 40.9 Å². The summed E-state index contributed by atoms with van der Waals surface area (Å²) in [6.45, 7) is 9.70. The van der Waals surface area contributed by atoms with Crippen LogP contribution in [0, 0.1) is 0 Å². The normalized spacial score (nSPS) is 14.5. The molecule has 44 heavy (non-hydrogen) atoms. The zero-order chi connectivity index (χ0) is 31.8. The summed E-state index contributed by atoms with van der Waals surface area (Å²) in [6.07, 6.45) is 19.4. The summed E-state index contributed by atoms with van der Waals surface area (Å²) in [4.78, 5) is 26.1. The van der Waals surface area contributed by atoms with E-state index in [0.717, 1.165) is 30.8 Å². The zero-order valence-electron chi connectivity index (χ0n) is 27.8. The van der Waals surface area contributed by atoms with Gasteiger partial charge in [-0.1, -0.05) is 103 Å². The second kappa shape index (κ2) is 24.7. The SMILES string of the molecule is CCCCCCCCCCCCCCCCNC(=O)OCC(COP(O)Oc1ccc(CN2C=C(C)SC2)cc1)OC(C)C. The standard InChI is InChI=1S/C34H59N2O6PS/c1-5-6-7-8-9-10-11-12-13-14-15-16-17-18-23-35-34(37)39-26-33(41-29(2)3)27-40-43(38)42-32-21-19-31(20-22-32)25-36-24-30(4)44-28-36/h19-22,24,29,33,38H,5-18,23,25-28H2,1-4H3,(H,35,37). The van der Waals surface area contributed by atoms with Gasteiger partial charge in [-0.15, -0.1) is 11.8 Å². The topological polar surface area (TPSA) is 89.5 Å². The molecule has 10 heteroatoms. The van der Waals surface area contributed by atoms with E-state index in [0.29, 0.717) is 12.3 Å². The molecule has 1 aliphatic rings. The number of ether oxygens (including phenoxy) is 2. The van der Waals surface area contributed by atoms with Crippen molar-refractivity contribution >= 4 is 26.5 Å². The van der Waals surface area contributed by atoms with E-state index >= 15 is 0 Å². The monoisotopic (exact) mass is 654 g/mol. The van der Waals surface area contributed by atoms with Crippen LogP contribution in [0.4, 0.5) is 4.79 Å². The third-order valence-electron chi connectivity index (χ3n) is 7.35. The average molecular weight is 655 g/mol. The Morgan fingerprint density at radius 3 is 2.07 bits per heavy atom. The van der Waals surface area contributed by atoms with Gasteiger partial charge in [-0.2, -0.15) is 0 Å². The van der Waals surface area contributed by atoms with Gasteiger partial charge < -0.3 is 29.1 Å². The molecule has 2 rings (SSSR count). The first kappa shape index (κ1) is 38.7. The maximum atomic E-state index is 12.2. The van der Waals surface area contributed by atoms with Crippen molar-refractivity contribution in [3.8, 4) is 5.75 Å². The number of benzene rings is 1. The van der Waals surface area contributed by atoms with E-state index in [1.807, 2.05) is 49.9 Å². The number of allylic oxidation sites excluding steroid dienone is 1. The molecule has 2 unspecified atom stereocenters. The third kappa shape index (κ3) is 19.8. The average Bonchev–Trinajstić information content (AvgIpc) is 3.41. The van der Waals surface area contributed by atoms with Gasteiger partial charge in [0.25, 0.3) is 0 Å². The lowest BCUT2D eigenvalue weighted by molar-refractivity contribution is -0.0488. The molecule has 0 radical (unpaired) electrons. The number of unbranched alkanes of at least 4 members (excludes halogenated alkanes) is 13. The van der Waals surface area contributed by atoms with E-state index < -0.39 is 20.8 Å². The fourth-order valence-electron chi connectivity index (χ4n) is 5.00. The fourth-order valence-corrected chi connectivity index (χ4v) is 6.41. The molecule has 0 bridgehead atoms. The minimum absolute atomic E-state index is 0.0311. The molecule has 1 aliphatic heterocycles. The number of nitrogens with one attached hydrogen (secondary N) is 1. The Balaban J connectivity index is 1.50. The maximum absolute atomic E-state index is 12.2. The highest BCUT2D eigenvalue weighted by Crippen LogP contribution is 2.35. The predicted molar refractivity (Wildman–Crippen MR) is 184 cm³/mol. The van der Waals surface area contributed by atoms with Gasteiger partial charge in [0.15, 0.2) is 0 Å². The van der Waals surface area contributed by atoms with Gasteiger partial charge >= 0.3 is 14.7 Å². The van der Waals surface area contributed by atoms with Crippen LogP contribution in [0.2, 0.25) is 0 Å². The number of carbonyl (C=O) groups excluding carboxylic acids is 1. The fraction of sp³-hybridized carbons (Fsp3) is 0.735. The summed E-state index contributed by atoms with van der Waals surface area (Å²) >= 11 is 1.84. The highest BCUT2D eigenvalue weighted by Gasteiger charge is 2.19. The van der Waals surface area contributed by atoms with E-state index in [9.17, 15) is 9.69 Å². The molecule has 2 atom stereocenters. The van der Waals surface area contributed by atoms with Crippen molar-refractivity contribution in [1.29, 1.82) is 0 Å². The van der Waals surface area contributed by atoms with E-state index in [1.165, 1.54) is 82.0 Å². The highest BCUT2D eigenvalue weighted by atomic mass is 32.2. The van der Waals surface area contributed by atoms with Gasteiger partial charge in [0, 0.05) is 19.3 Å². The highest BCUT2D eigenvalue weighted by molar-refractivity contribution is 8.03. The summed E-state index contributed by atoms with van der Waals surface area (Å²) in [5, 5.41) is 2.83. The molecule has 1 aromatic carbocycles. The minimum Gasteiger partial charge on any atom is -0.447 e. The first-order valence-corrected chi connectivity index (χ1v) is 19.0. The molecule has 0 aromatic heterocycles. The molecule has 8 nitrogen and oxygen atoms in total. The number of rotatable bonds is 26. The molecule has 0 saturated carbocycles. The van der Waals surface area contributed by atoms with Crippen molar-refractivity contribution in [3.63, 3.8) is 0 Å². The van der Waals surface area contributed by atoms with Crippen LogP contribution in [-0.2, 0) is 20.5 Å². The second-order valence-electron chi connectivity index (χ2n) is 12.0. The molecule has 0 spiro atoms. The molecule has 252 valence electrons. The number of amides is 1. The van der Waals surface area contributed by atoms with Crippen molar-refractivity contribution in [2.75, 3.05) is 25.6 Å². The van der Waals surface area contributed by atoms with Crippen LogP contribution in [0.5, 0.6) is 5.75 Å². The molecular formula is C34H59N2O6PS. The van der Waals surface area contributed by atoms with Crippen LogP contribution in [0.3, 0.4) is 0 Å². The van der Waals surface area contributed by atoms with E-state index in [2.05, 4.69) is 30.3 Å². The second-order valence-corrected chi connectivity index (χ2v) is 14.1. The first-order chi connectivity index (χ1) is 21.4. The van der Waals surface area contributed by atoms with Gasteiger partial charge in [-0.3, -0.25) is 4.52 Å². The number of thioether (sulfide) groups is 1. The minimum atomic E-state index is -2.15. The lowest BCUT2D eigenvalue weighted by Crippen LogP contribution is -2.33. The van der Waals surface area contributed by atoms with Gasteiger partial charge in [0.05, 0.1) is 18.6 Å². The van der Waals surface area contributed by atoms with Crippen LogP contribution in [0.25, 0.3) is 0 Å². The summed E-state index contributed by atoms with van der Waals surface area (Å²) in [6, 6.07) is 7.64. The van der Waals surface area contributed by atoms with Crippen molar-refractivity contribution in [2.24, 2.45) is 0 Å². The zero-order valence-corrected chi connectivity index (χ0v) is 29.5. The van der Waals surface area contributed by atoms with Crippen LogP contribution in [0.1, 0.15) is 123 Å². The van der Waals surface area contributed by atoms with Crippen LogP contribution in [-0.4, -0.2) is 53.7 Å². The van der Waals surface area contributed by atoms with Crippen molar-refractivity contribution in [2.45, 2.75) is 136 Å². The van der Waals surface area contributed by atoms with Crippen LogP contribution in [0.15, 0.2) is 35.4 Å². The summed E-state index contributed by atoms with van der Waals surface area (Å²) in [5.74, 6) is 1.50. The van der Waals surface area contributed by atoms with Crippen LogP contribution < -0.4 is 9.84 Å². The molecular weight excluding hydrogens is 595 g/mol. The number of nitrogens with zero attached hydrogens (tertiary/aromatic N) is 1. The molecule has 0 fully saturated rings. The number of hydrogen-bond donors (Lipinski definition) is 2. The molecule has 2 N–H and O–H groups in total. The van der Waals surface area contributed by atoms with Crippen molar-refractivity contribution in [1.82, 2.24) is 10.2 Å². The quantitative estimate of drug-likeness (QED) is 0.0754. The van der Waals surface area contributed by atoms with Crippen molar-refractivity contribution < 1.29 is 28.2 Å². The summed E-state index contributed by atoms with van der Waals surface area (Å²) in [7, 11) is -2.15. The Morgan fingerprint density at radius 2 is 1.52 bits per heavy atom. The Hall–Kier alpha value is -1.51. The van der Waals surface area contributed by atoms with Gasteiger partial charge in [0.2, 0.25) is 0 Å². The third-order valence-corrected chi connectivity index (χ3v) is 9.11. The van der Waals surface area contributed by atoms with E-state index in [-0.39, 0.29) is 19.3 Å². The Morgan fingerprint density at radius 1 is 0.932 bits per heavy atom. The number of carbonyl (C=O) groups is 1. The Kier molecular flexibility index (Phi) is 21.7. The van der Waals surface area contributed by atoms with E-state index in [1.54, 1.807) is 0 Å². The Labute approximate surface area is 273 Å². The summed E-state index contributed by atoms with van der Waals surface area (Å²) < 4.78 is 22.3. The van der Waals surface area contributed by atoms with Gasteiger partial charge in [-0.05, 0) is 49.8 Å². The van der Waals surface area contributed by atoms with Gasteiger partial charge in [0.1, 0.15) is 18.5 Å². The Bertz CT molecular complexity index is 904. The molecule has 0 saturated heterocycles. The molecule has 1 amide bonds. The first-order valence-electron chi connectivity index (χ1n) is 16.9. The molecule has 0 aliphatic carbocycles. The van der Waals surface area contributed by atoms with Crippen LogP contribution >= 0.6 is 20.4 Å². The largest absolute Gasteiger partial charge is 0.447 e. The number of alkyl carbamates (subject to hydrolysis) is 1. The van der Waals surface area contributed by atoms with Gasteiger partial charge in [-0.25, -0.2) is 4.79 Å². The number of hydrogen-bond acceptors (Lipinski definition) is 8. The summed E-state index contributed by atoms with van der Waals surface area (Å²) in [5.41, 5.74) is 1.16. The lowest BCUT2D eigenvalue weighted by Gasteiger charge is -2.21. The van der Waals surface area contributed by atoms with E-state index in [4.69, 9.17) is 18.5 Å². The smallest absolute Gasteiger partial charge is 0.407 e. The molecule has 1 heterocycles. The predicted octanol–water partition coefficient (Wildman–Crippen LogP) is 9.67. The maximum Gasteiger partial charge on any atom is 0.407 e. The molecule has 1 aromatic rings. The lowest BCUT2D eigenvalue weighted by atomic mass is 10.0.